The van der Waals surface area contributed by atoms with Gasteiger partial charge in [0, 0.05) is 35.4 Å². The van der Waals surface area contributed by atoms with Gasteiger partial charge in [-0.25, -0.2) is 0 Å². The summed E-state index contributed by atoms with van der Waals surface area (Å²) in [5.74, 6) is -0.811. The van der Waals surface area contributed by atoms with Gasteiger partial charge in [-0.1, -0.05) is 55.5 Å². The minimum Gasteiger partial charge on any atom is -0.396 e. The van der Waals surface area contributed by atoms with E-state index in [1.165, 1.54) is 0 Å². The number of hydrogen-bond donors (Lipinski definition) is 2. The zero-order valence-corrected chi connectivity index (χ0v) is 21.9. The van der Waals surface area contributed by atoms with Gasteiger partial charge in [0.25, 0.3) is 5.91 Å². The first-order valence-electron chi connectivity index (χ1n) is 13.0. The smallest absolute Gasteiger partial charge is 0.264 e. The summed E-state index contributed by atoms with van der Waals surface area (Å²) < 4.78 is 6.57. The molecule has 198 valence electrons. The molecule has 1 saturated heterocycles. The fraction of sp³-hybridized carbons (Fsp3) is 0.355. The molecular formula is C31H34N2O5. The van der Waals surface area contributed by atoms with Crippen LogP contribution >= 0.6 is 0 Å². The van der Waals surface area contributed by atoms with E-state index in [1.807, 2.05) is 85.8 Å². The van der Waals surface area contributed by atoms with Crippen molar-refractivity contribution < 1.29 is 24.5 Å². The Balaban J connectivity index is 1.46. The first-order valence-corrected chi connectivity index (χ1v) is 13.0. The van der Waals surface area contributed by atoms with Crippen molar-refractivity contribution in [1.82, 2.24) is 0 Å². The van der Waals surface area contributed by atoms with Gasteiger partial charge in [0.05, 0.1) is 23.9 Å². The SMILES string of the molecule is C[C@H]1[C@H](C(C)(C)O)[C@@H](CCO)O[C@]12C(=O)N(Cc1ccc(N(C=O)c3ccccc3)cc1)c1ccccc12. The van der Waals surface area contributed by atoms with Crippen LogP contribution in [0.1, 0.15) is 38.3 Å². The van der Waals surface area contributed by atoms with E-state index in [4.69, 9.17) is 4.74 Å². The molecule has 3 aromatic carbocycles. The van der Waals surface area contributed by atoms with Gasteiger partial charge in [-0.15, -0.1) is 0 Å². The molecule has 0 bridgehead atoms. The number of para-hydroxylation sites is 2. The minimum atomic E-state index is -1.23. The van der Waals surface area contributed by atoms with Crippen LogP contribution in [0.4, 0.5) is 17.1 Å². The maximum absolute atomic E-state index is 14.2. The Labute approximate surface area is 223 Å². The fourth-order valence-electron chi connectivity index (χ4n) is 6.39. The second-order valence-corrected chi connectivity index (χ2v) is 10.8. The molecule has 5 rings (SSSR count). The van der Waals surface area contributed by atoms with Crippen LogP contribution in [-0.2, 0) is 26.5 Å². The summed E-state index contributed by atoms with van der Waals surface area (Å²) in [5.41, 5.74) is 1.66. The number of anilines is 3. The number of ether oxygens (including phenoxy) is 1. The van der Waals surface area contributed by atoms with Crippen molar-refractivity contribution >= 4 is 29.4 Å². The first-order chi connectivity index (χ1) is 18.2. The van der Waals surface area contributed by atoms with Gasteiger partial charge < -0.3 is 19.8 Å². The van der Waals surface area contributed by atoms with E-state index in [0.29, 0.717) is 13.0 Å². The van der Waals surface area contributed by atoms with Crippen molar-refractivity contribution in [3.8, 4) is 0 Å². The maximum Gasteiger partial charge on any atom is 0.264 e. The van der Waals surface area contributed by atoms with E-state index in [1.54, 1.807) is 23.6 Å². The van der Waals surface area contributed by atoms with E-state index < -0.39 is 17.3 Å². The van der Waals surface area contributed by atoms with Crippen molar-refractivity contribution in [1.29, 1.82) is 0 Å². The van der Waals surface area contributed by atoms with Crippen LogP contribution in [0.2, 0.25) is 0 Å². The number of nitrogens with zero attached hydrogens (tertiary/aromatic N) is 2. The van der Waals surface area contributed by atoms with Gasteiger partial charge >= 0.3 is 0 Å². The molecule has 0 saturated carbocycles. The van der Waals surface area contributed by atoms with E-state index >= 15 is 0 Å². The van der Waals surface area contributed by atoms with Crippen LogP contribution in [0.15, 0.2) is 78.9 Å². The first kappa shape index (κ1) is 26.1. The van der Waals surface area contributed by atoms with E-state index in [2.05, 4.69) is 0 Å². The van der Waals surface area contributed by atoms with Crippen molar-refractivity contribution in [2.24, 2.45) is 11.8 Å². The minimum absolute atomic E-state index is 0.0905. The molecule has 3 aromatic rings. The van der Waals surface area contributed by atoms with Crippen LogP contribution < -0.4 is 9.80 Å². The second kappa shape index (κ2) is 9.98. The largest absolute Gasteiger partial charge is 0.396 e. The van der Waals surface area contributed by atoms with E-state index in [0.717, 1.165) is 34.6 Å². The molecule has 38 heavy (non-hydrogen) atoms. The monoisotopic (exact) mass is 514 g/mol. The lowest BCUT2D eigenvalue weighted by Gasteiger charge is -2.34. The molecule has 0 aliphatic carbocycles. The Morgan fingerprint density at radius 1 is 1.00 bits per heavy atom. The van der Waals surface area contributed by atoms with Crippen LogP contribution in [0.25, 0.3) is 0 Å². The van der Waals surface area contributed by atoms with Crippen LogP contribution in [-0.4, -0.2) is 40.8 Å². The predicted octanol–water partition coefficient (Wildman–Crippen LogP) is 4.53. The Kier molecular flexibility index (Phi) is 6.86. The Morgan fingerprint density at radius 3 is 2.26 bits per heavy atom. The third-order valence-electron chi connectivity index (χ3n) is 8.00. The maximum atomic E-state index is 14.2. The third kappa shape index (κ3) is 4.21. The molecule has 0 aromatic heterocycles. The molecule has 1 spiro atoms. The average molecular weight is 515 g/mol. The zero-order valence-electron chi connectivity index (χ0n) is 21.9. The zero-order chi connectivity index (χ0) is 27.1. The van der Waals surface area contributed by atoms with Crippen molar-refractivity contribution in [3.05, 3.63) is 90.0 Å². The Bertz CT molecular complexity index is 1300. The number of amides is 2. The van der Waals surface area contributed by atoms with Gasteiger partial charge in [0.2, 0.25) is 6.41 Å². The standard InChI is InChI=1S/C31H34N2O5/c1-21-28(30(2,3)37)27(17-18-34)38-31(21)25-11-7-8-12-26(25)32(29(31)36)19-22-13-15-24(16-14-22)33(20-35)23-9-5-4-6-10-23/h4-16,20-21,27-28,34,37H,17-19H2,1-3H3/t21-,27+,28-,31+/m0/s1. The van der Waals surface area contributed by atoms with Gasteiger partial charge in [-0.2, -0.15) is 0 Å². The lowest BCUT2D eigenvalue weighted by atomic mass is 9.71. The summed E-state index contributed by atoms with van der Waals surface area (Å²) in [6.45, 7) is 5.68. The summed E-state index contributed by atoms with van der Waals surface area (Å²) >= 11 is 0. The Morgan fingerprint density at radius 2 is 1.63 bits per heavy atom. The highest BCUT2D eigenvalue weighted by Crippen LogP contribution is 2.57. The molecule has 4 atom stereocenters. The number of benzene rings is 3. The lowest BCUT2D eigenvalue weighted by molar-refractivity contribution is -0.146. The molecule has 2 N–H and O–H groups in total. The Hall–Kier alpha value is -3.52. The number of hydrogen-bond acceptors (Lipinski definition) is 5. The highest BCUT2D eigenvalue weighted by atomic mass is 16.5. The number of rotatable bonds is 8. The van der Waals surface area contributed by atoms with E-state index in [-0.39, 0.29) is 24.3 Å². The normalized spacial score (nSPS) is 24.6. The van der Waals surface area contributed by atoms with Gasteiger partial charge in [-0.3, -0.25) is 14.5 Å². The fourth-order valence-corrected chi connectivity index (χ4v) is 6.39. The molecule has 1 fully saturated rings. The summed E-state index contributed by atoms with van der Waals surface area (Å²) in [5, 5.41) is 20.7. The summed E-state index contributed by atoms with van der Waals surface area (Å²) in [6.07, 6.45) is 0.667. The molecule has 2 aliphatic heterocycles. The topological polar surface area (TPSA) is 90.3 Å². The quantitative estimate of drug-likeness (QED) is 0.431. The predicted molar refractivity (Wildman–Crippen MR) is 146 cm³/mol. The summed E-state index contributed by atoms with van der Waals surface area (Å²) in [6, 6.07) is 24.6. The van der Waals surface area contributed by atoms with Crippen LogP contribution in [0.5, 0.6) is 0 Å². The number of carbonyl (C=O) groups excluding carboxylic acids is 2. The molecule has 7 nitrogen and oxygen atoms in total. The molecule has 0 unspecified atom stereocenters. The van der Waals surface area contributed by atoms with Crippen molar-refractivity contribution in [2.75, 3.05) is 16.4 Å². The number of aliphatic hydroxyl groups excluding tert-OH is 1. The number of carbonyl (C=O) groups is 2. The average Bonchev–Trinajstić information content (AvgIpc) is 3.33. The molecule has 7 heteroatoms. The molecule has 2 amide bonds. The lowest BCUT2D eigenvalue weighted by Crippen LogP contribution is -2.46. The van der Waals surface area contributed by atoms with Crippen molar-refractivity contribution in [3.63, 3.8) is 0 Å². The van der Waals surface area contributed by atoms with Gasteiger partial charge in [-0.05, 0) is 56.2 Å². The third-order valence-corrected chi connectivity index (χ3v) is 8.00. The second-order valence-electron chi connectivity index (χ2n) is 10.8. The summed E-state index contributed by atoms with van der Waals surface area (Å²) in [7, 11) is 0. The number of fused-ring (bicyclic) bond motifs is 2. The van der Waals surface area contributed by atoms with Gasteiger partial charge in [0.15, 0.2) is 5.60 Å². The van der Waals surface area contributed by atoms with Crippen molar-refractivity contribution in [2.45, 2.75) is 51.0 Å². The highest BCUT2D eigenvalue weighted by Gasteiger charge is 2.65. The summed E-state index contributed by atoms with van der Waals surface area (Å²) in [4.78, 5) is 29.4. The molecule has 2 aliphatic rings. The van der Waals surface area contributed by atoms with Gasteiger partial charge in [0.1, 0.15) is 0 Å². The highest BCUT2D eigenvalue weighted by molar-refractivity contribution is 6.07. The number of aliphatic hydroxyl groups is 2. The molecular weight excluding hydrogens is 480 g/mol. The van der Waals surface area contributed by atoms with E-state index in [9.17, 15) is 19.8 Å². The van der Waals surface area contributed by atoms with Crippen LogP contribution in [0.3, 0.4) is 0 Å². The molecule has 0 radical (unpaired) electrons. The van der Waals surface area contributed by atoms with Crippen LogP contribution in [0, 0.1) is 11.8 Å². The molecule has 2 heterocycles.